The Morgan fingerprint density at radius 1 is 1.48 bits per heavy atom. The molecule has 0 heterocycles. The molecule has 0 radical (unpaired) electrons. The largest absolute Gasteiger partial charge is 0.394 e. The minimum absolute atomic E-state index is 0.0207. The van der Waals surface area contributed by atoms with Crippen molar-refractivity contribution in [1.29, 1.82) is 0 Å². The molecule has 2 aliphatic carbocycles. The van der Waals surface area contributed by atoms with Gasteiger partial charge in [0, 0.05) is 18.3 Å². The molecule has 4 N–H and O–H groups in total. The molecule has 1 atom stereocenters. The second kappa shape index (κ2) is 6.60. The van der Waals surface area contributed by atoms with Crippen molar-refractivity contribution in [3.63, 3.8) is 0 Å². The highest BCUT2D eigenvalue weighted by atomic mass is 16.3. The number of hydrogen-bond acceptors (Lipinski definition) is 4. The number of aliphatic hydroxyl groups is 1. The molecule has 0 aromatic rings. The van der Waals surface area contributed by atoms with Crippen LogP contribution in [0, 0.1) is 5.92 Å². The molecular formula is C16H27N3O2. The van der Waals surface area contributed by atoms with Gasteiger partial charge in [0.25, 0.3) is 5.91 Å². The normalized spacial score (nSPS) is 29.5. The summed E-state index contributed by atoms with van der Waals surface area (Å²) in [5, 5.41) is 12.6. The first-order valence-corrected chi connectivity index (χ1v) is 7.89. The molecule has 0 saturated heterocycles. The lowest BCUT2D eigenvalue weighted by Crippen LogP contribution is -2.51. The summed E-state index contributed by atoms with van der Waals surface area (Å²) in [5.74, 6) is 0.332. The zero-order valence-corrected chi connectivity index (χ0v) is 13.1. The fourth-order valence-electron chi connectivity index (χ4n) is 3.43. The maximum absolute atomic E-state index is 12.4. The minimum atomic E-state index is -0.478. The smallest absolute Gasteiger partial charge is 0.268 e. The van der Waals surface area contributed by atoms with Gasteiger partial charge in [-0.2, -0.15) is 0 Å². The summed E-state index contributed by atoms with van der Waals surface area (Å²) in [6.45, 7) is 2.17. The number of rotatable bonds is 3. The van der Waals surface area contributed by atoms with Crippen LogP contribution in [0.15, 0.2) is 16.3 Å². The lowest BCUT2D eigenvalue weighted by atomic mass is 9.84. The first kappa shape index (κ1) is 16.0. The van der Waals surface area contributed by atoms with E-state index in [4.69, 9.17) is 5.73 Å². The van der Waals surface area contributed by atoms with Crippen molar-refractivity contribution < 1.29 is 9.90 Å². The van der Waals surface area contributed by atoms with E-state index in [9.17, 15) is 9.90 Å². The number of nitrogens with one attached hydrogen (secondary N) is 1. The van der Waals surface area contributed by atoms with E-state index in [2.05, 4.69) is 17.2 Å². The Morgan fingerprint density at radius 2 is 2.14 bits per heavy atom. The third-order valence-corrected chi connectivity index (χ3v) is 4.86. The molecule has 1 unspecified atom stereocenters. The minimum Gasteiger partial charge on any atom is -0.394 e. The highest BCUT2D eigenvalue weighted by Gasteiger charge is 2.35. The summed E-state index contributed by atoms with van der Waals surface area (Å²) in [5.41, 5.74) is 7.74. The van der Waals surface area contributed by atoms with Crippen molar-refractivity contribution in [2.24, 2.45) is 16.6 Å². The predicted octanol–water partition coefficient (Wildman–Crippen LogP) is 1.51. The summed E-state index contributed by atoms with van der Waals surface area (Å²) in [6.07, 6.45) is 6.44. The van der Waals surface area contributed by atoms with Gasteiger partial charge >= 0.3 is 0 Å². The Morgan fingerprint density at radius 3 is 2.71 bits per heavy atom. The van der Waals surface area contributed by atoms with Crippen LogP contribution in [0.2, 0.25) is 0 Å². The molecule has 1 amide bonds. The van der Waals surface area contributed by atoms with Crippen molar-refractivity contribution in [2.75, 3.05) is 13.7 Å². The average molecular weight is 293 g/mol. The summed E-state index contributed by atoms with van der Waals surface area (Å²) in [7, 11) is 1.75. The van der Waals surface area contributed by atoms with Crippen LogP contribution in [-0.4, -0.2) is 35.9 Å². The zero-order chi connectivity index (χ0) is 15.5. The molecule has 0 aromatic carbocycles. The maximum Gasteiger partial charge on any atom is 0.268 e. The number of amides is 1. The summed E-state index contributed by atoms with van der Waals surface area (Å²) < 4.78 is 0. The molecule has 2 saturated carbocycles. The molecule has 5 nitrogen and oxygen atoms in total. The molecule has 0 aliphatic heterocycles. The highest BCUT2D eigenvalue weighted by Crippen LogP contribution is 2.30. The molecule has 0 bridgehead atoms. The van der Waals surface area contributed by atoms with Gasteiger partial charge in [-0.1, -0.05) is 19.8 Å². The van der Waals surface area contributed by atoms with Crippen molar-refractivity contribution in [3.8, 4) is 0 Å². The predicted molar refractivity (Wildman–Crippen MR) is 84.0 cm³/mol. The molecular weight excluding hydrogens is 266 g/mol. The van der Waals surface area contributed by atoms with E-state index < -0.39 is 5.54 Å². The van der Waals surface area contributed by atoms with Gasteiger partial charge in [-0.25, -0.2) is 0 Å². The molecule has 0 spiro atoms. The van der Waals surface area contributed by atoms with E-state index in [-0.39, 0.29) is 18.2 Å². The van der Waals surface area contributed by atoms with Crippen LogP contribution in [0.4, 0.5) is 0 Å². The van der Waals surface area contributed by atoms with Crippen LogP contribution in [0.3, 0.4) is 0 Å². The Bertz CT molecular complexity index is 462. The van der Waals surface area contributed by atoms with Gasteiger partial charge in [0.2, 0.25) is 0 Å². The third kappa shape index (κ3) is 3.46. The molecule has 5 heteroatoms. The van der Waals surface area contributed by atoms with E-state index in [0.29, 0.717) is 5.92 Å². The van der Waals surface area contributed by atoms with Crippen LogP contribution in [0.1, 0.15) is 51.9 Å². The van der Waals surface area contributed by atoms with Crippen LogP contribution in [0.5, 0.6) is 0 Å². The van der Waals surface area contributed by atoms with Gasteiger partial charge in [-0.05, 0) is 38.0 Å². The maximum atomic E-state index is 12.4. The quantitative estimate of drug-likeness (QED) is 0.689. The van der Waals surface area contributed by atoms with Crippen LogP contribution in [-0.2, 0) is 4.79 Å². The first-order valence-electron chi connectivity index (χ1n) is 7.89. The highest BCUT2D eigenvalue weighted by molar-refractivity contribution is 6.08. The number of nitrogens with two attached hydrogens (primary N) is 1. The second-order valence-electron chi connectivity index (χ2n) is 6.51. The van der Waals surface area contributed by atoms with Crippen molar-refractivity contribution in [2.45, 2.75) is 57.4 Å². The zero-order valence-electron chi connectivity index (χ0n) is 13.1. The fourth-order valence-corrected chi connectivity index (χ4v) is 3.43. The van der Waals surface area contributed by atoms with Gasteiger partial charge in [-0.15, -0.1) is 0 Å². The van der Waals surface area contributed by atoms with Crippen LogP contribution >= 0.6 is 0 Å². The first-order chi connectivity index (χ1) is 10.0. The molecule has 0 aromatic heterocycles. The molecule has 118 valence electrons. The van der Waals surface area contributed by atoms with E-state index in [0.717, 1.165) is 56.2 Å². The number of carbonyl (C=O) groups is 1. The Labute approximate surface area is 126 Å². The van der Waals surface area contributed by atoms with E-state index in [1.165, 1.54) is 0 Å². The van der Waals surface area contributed by atoms with Gasteiger partial charge in [0.05, 0.1) is 12.1 Å². The molecule has 21 heavy (non-hydrogen) atoms. The number of carbonyl (C=O) groups excluding carboxylic acids is 1. The van der Waals surface area contributed by atoms with E-state index in [1.54, 1.807) is 7.05 Å². The van der Waals surface area contributed by atoms with Crippen molar-refractivity contribution in [3.05, 3.63) is 11.3 Å². The Balaban J connectivity index is 2.15. The number of nitrogens with zero attached hydrogens (tertiary/aromatic N) is 1. The number of aliphatic imine (C=N–C) groups is 1. The van der Waals surface area contributed by atoms with E-state index >= 15 is 0 Å². The van der Waals surface area contributed by atoms with Crippen LogP contribution < -0.4 is 11.1 Å². The van der Waals surface area contributed by atoms with E-state index in [1.807, 2.05) is 0 Å². The Hall–Kier alpha value is -1.36. The summed E-state index contributed by atoms with van der Waals surface area (Å²) >= 11 is 0. The van der Waals surface area contributed by atoms with Gasteiger partial charge < -0.3 is 16.2 Å². The third-order valence-electron chi connectivity index (χ3n) is 4.86. The standard InChI is InChI=1S/C16H27N3O2/c1-11-5-6-12(13(9-11)18-2)14(17)15(21)19-16(10-20)7-3-4-8-16/h11,20H,3-10,17H2,1-2H3,(H,19,21). The average Bonchev–Trinajstić information content (AvgIpc) is 2.95. The van der Waals surface area contributed by atoms with Crippen molar-refractivity contribution >= 4 is 11.6 Å². The molecule has 2 aliphatic rings. The Kier molecular flexibility index (Phi) is 5.04. The summed E-state index contributed by atoms with van der Waals surface area (Å²) in [6, 6.07) is 0. The lowest BCUT2D eigenvalue weighted by Gasteiger charge is -2.29. The lowest BCUT2D eigenvalue weighted by molar-refractivity contribution is -0.120. The van der Waals surface area contributed by atoms with Crippen molar-refractivity contribution in [1.82, 2.24) is 5.32 Å². The van der Waals surface area contributed by atoms with Crippen LogP contribution in [0.25, 0.3) is 0 Å². The molecule has 2 fully saturated rings. The van der Waals surface area contributed by atoms with Gasteiger partial charge in [-0.3, -0.25) is 9.79 Å². The molecule has 2 rings (SSSR count). The van der Waals surface area contributed by atoms with Gasteiger partial charge in [0.1, 0.15) is 5.70 Å². The monoisotopic (exact) mass is 293 g/mol. The SMILES string of the molecule is CN=C1CC(C)CCC1=C(N)C(=O)NC1(CO)CCCC1. The number of allylic oxidation sites excluding steroid dienone is 1. The number of hydrogen-bond donors (Lipinski definition) is 3. The number of aliphatic hydroxyl groups excluding tert-OH is 1. The fraction of sp³-hybridized carbons (Fsp3) is 0.750. The topological polar surface area (TPSA) is 87.7 Å². The second-order valence-corrected chi connectivity index (χ2v) is 6.51. The van der Waals surface area contributed by atoms with Gasteiger partial charge in [0.15, 0.2) is 0 Å². The summed E-state index contributed by atoms with van der Waals surface area (Å²) in [4.78, 5) is 16.7.